The van der Waals surface area contributed by atoms with E-state index in [0.29, 0.717) is 22.6 Å². The molecule has 0 saturated heterocycles. The fraction of sp³-hybridized carbons (Fsp3) is 0.182. The fourth-order valence-electron chi connectivity index (χ4n) is 3.01. The number of allylic oxidation sites excluding steroid dienone is 2. The minimum atomic E-state index is -0.164. The van der Waals surface area contributed by atoms with Crippen molar-refractivity contribution >= 4 is 28.9 Å². The first-order valence-corrected chi connectivity index (χ1v) is 10.5. The Balaban J connectivity index is 1.71. The molecule has 2 heterocycles. The predicted octanol–water partition coefficient (Wildman–Crippen LogP) is 5.04. The maximum absolute atomic E-state index is 6.22. The normalized spacial score (nSPS) is 15.1. The van der Waals surface area contributed by atoms with Gasteiger partial charge in [0.1, 0.15) is 11.1 Å². The zero-order valence-corrected chi connectivity index (χ0v) is 17.7. The lowest BCUT2D eigenvalue weighted by atomic mass is 10.1. The van der Waals surface area contributed by atoms with Crippen LogP contribution in [0.3, 0.4) is 0 Å². The van der Waals surface area contributed by atoms with Gasteiger partial charge in [0.2, 0.25) is 11.7 Å². The zero-order chi connectivity index (χ0) is 20.4. The highest BCUT2D eigenvalue weighted by Gasteiger charge is 2.25. The lowest BCUT2D eigenvalue weighted by molar-refractivity contribution is 0.381. The maximum atomic E-state index is 6.22. The third-order valence-electron chi connectivity index (χ3n) is 4.71. The highest BCUT2D eigenvalue weighted by Crippen LogP contribution is 2.40. The van der Waals surface area contributed by atoms with Gasteiger partial charge in [-0.3, -0.25) is 0 Å². The molecule has 4 rings (SSSR count). The van der Waals surface area contributed by atoms with Crippen LogP contribution in [-0.2, 0) is 0 Å². The second kappa shape index (κ2) is 8.35. The Bertz CT molecular complexity index is 1060. The van der Waals surface area contributed by atoms with Crippen LogP contribution >= 0.6 is 23.4 Å². The van der Waals surface area contributed by atoms with Gasteiger partial charge in [-0.1, -0.05) is 52.7 Å². The minimum Gasteiger partial charge on any atom is -0.385 e. The Morgan fingerprint density at radius 1 is 1.14 bits per heavy atom. The van der Waals surface area contributed by atoms with Gasteiger partial charge in [0.05, 0.1) is 5.57 Å². The second-order valence-electron chi connectivity index (χ2n) is 6.90. The van der Waals surface area contributed by atoms with Crippen LogP contribution in [-0.4, -0.2) is 28.6 Å². The zero-order valence-electron chi connectivity index (χ0n) is 16.2. The fourth-order valence-corrected chi connectivity index (χ4v) is 4.19. The number of likely N-dealkylation sites (N-methyl/N-ethyl adjacent to an activating group) is 1. The Kier molecular flexibility index (Phi) is 5.65. The van der Waals surface area contributed by atoms with Crippen LogP contribution in [0.2, 0.25) is 5.02 Å². The molecule has 1 aromatic heterocycles. The number of aromatic nitrogens is 2. The van der Waals surface area contributed by atoms with Gasteiger partial charge in [-0.05, 0) is 42.8 Å². The first-order valence-electron chi connectivity index (χ1n) is 9.21. The maximum Gasteiger partial charge on any atom is 0.244 e. The molecule has 2 aromatic carbocycles. The largest absolute Gasteiger partial charge is 0.385 e. The number of nitrogens with zero attached hydrogens (tertiary/aromatic N) is 3. The molecule has 1 aliphatic heterocycles. The van der Waals surface area contributed by atoms with Crippen LogP contribution < -0.4 is 5.73 Å². The van der Waals surface area contributed by atoms with Gasteiger partial charge >= 0.3 is 0 Å². The molecule has 0 saturated carbocycles. The molecule has 29 heavy (non-hydrogen) atoms. The van der Waals surface area contributed by atoms with Gasteiger partial charge in [-0.2, -0.15) is 4.98 Å². The van der Waals surface area contributed by atoms with Gasteiger partial charge in [-0.25, -0.2) is 0 Å². The molecule has 0 fully saturated rings. The lowest BCUT2D eigenvalue weighted by Crippen LogP contribution is -2.27. The Morgan fingerprint density at radius 2 is 1.86 bits per heavy atom. The molecule has 1 unspecified atom stereocenters. The molecule has 0 bridgehead atoms. The molecule has 1 aliphatic rings. The van der Waals surface area contributed by atoms with Crippen molar-refractivity contribution in [2.24, 2.45) is 5.73 Å². The Morgan fingerprint density at radius 3 is 2.59 bits per heavy atom. The van der Waals surface area contributed by atoms with E-state index in [-0.39, 0.29) is 5.25 Å². The number of hydrogen-bond donors (Lipinski definition) is 1. The smallest absolute Gasteiger partial charge is 0.244 e. The summed E-state index contributed by atoms with van der Waals surface area (Å²) in [6, 6.07) is 16.1. The number of aryl methyl sites for hydroxylation is 1. The molecule has 5 nitrogen and oxygen atoms in total. The van der Waals surface area contributed by atoms with Gasteiger partial charge in [0.15, 0.2) is 0 Å². The van der Waals surface area contributed by atoms with Crippen LogP contribution in [0.25, 0.3) is 5.57 Å². The predicted molar refractivity (Wildman–Crippen MR) is 118 cm³/mol. The lowest BCUT2D eigenvalue weighted by Gasteiger charge is -2.22. The van der Waals surface area contributed by atoms with Crippen molar-refractivity contribution in [3.8, 4) is 0 Å². The molecule has 7 heteroatoms. The monoisotopic (exact) mass is 424 g/mol. The van der Waals surface area contributed by atoms with Crippen molar-refractivity contribution in [1.29, 1.82) is 0 Å². The SMILES string of the molecule is Cc1ccc(SC(c2ccc(Cl)cc2)c2nc(C3=C(N)N(C)CC=C3)no2)cc1. The van der Waals surface area contributed by atoms with E-state index in [2.05, 4.69) is 41.3 Å². The van der Waals surface area contributed by atoms with E-state index < -0.39 is 0 Å². The highest BCUT2D eigenvalue weighted by atomic mass is 35.5. The highest BCUT2D eigenvalue weighted by molar-refractivity contribution is 7.99. The first kappa shape index (κ1) is 19.6. The number of nitrogens with two attached hydrogens (primary N) is 1. The summed E-state index contributed by atoms with van der Waals surface area (Å²) in [6.45, 7) is 2.83. The van der Waals surface area contributed by atoms with Crippen LogP contribution in [0.15, 0.2) is 75.9 Å². The molecule has 0 aliphatic carbocycles. The van der Waals surface area contributed by atoms with Crippen LogP contribution in [0.5, 0.6) is 0 Å². The van der Waals surface area contributed by atoms with Crippen LogP contribution in [0.1, 0.15) is 28.1 Å². The summed E-state index contributed by atoms with van der Waals surface area (Å²) >= 11 is 7.74. The standard InChI is InChI=1S/C22H21ClN4OS/c1-14-5-11-17(12-6-14)29-19(15-7-9-16(23)10-8-15)22-25-21(26-28-22)18-4-3-13-27(2)20(18)24/h3-12,19H,13,24H2,1-2H3. The van der Waals surface area contributed by atoms with Gasteiger partial charge < -0.3 is 15.2 Å². The van der Waals surface area contributed by atoms with Gasteiger partial charge in [-0.15, -0.1) is 11.8 Å². The van der Waals surface area contributed by atoms with Gasteiger partial charge in [0.25, 0.3) is 0 Å². The van der Waals surface area contributed by atoms with E-state index in [1.165, 1.54) is 5.56 Å². The van der Waals surface area contributed by atoms with E-state index in [1.54, 1.807) is 11.8 Å². The minimum absolute atomic E-state index is 0.164. The number of halogens is 1. The van der Waals surface area contributed by atoms with Crippen molar-refractivity contribution < 1.29 is 4.52 Å². The molecule has 3 aromatic rings. The molecule has 0 spiro atoms. The topological polar surface area (TPSA) is 68.2 Å². The van der Waals surface area contributed by atoms with Crippen LogP contribution in [0.4, 0.5) is 0 Å². The van der Waals surface area contributed by atoms with Gasteiger partial charge in [0, 0.05) is 23.5 Å². The third kappa shape index (κ3) is 4.33. The van der Waals surface area contributed by atoms with E-state index in [4.69, 9.17) is 21.9 Å². The average molecular weight is 425 g/mol. The molecule has 1 atom stereocenters. The van der Waals surface area contributed by atoms with E-state index >= 15 is 0 Å². The average Bonchev–Trinajstić information content (AvgIpc) is 3.20. The summed E-state index contributed by atoms with van der Waals surface area (Å²) in [5.41, 5.74) is 9.24. The summed E-state index contributed by atoms with van der Waals surface area (Å²) in [5.74, 6) is 1.65. The van der Waals surface area contributed by atoms with E-state index in [0.717, 1.165) is 22.6 Å². The summed E-state index contributed by atoms with van der Waals surface area (Å²) in [4.78, 5) is 7.75. The second-order valence-corrected chi connectivity index (χ2v) is 8.52. The Labute approximate surface area is 179 Å². The van der Waals surface area contributed by atoms with E-state index in [1.807, 2.05) is 48.4 Å². The van der Waals surface area contributed by atoms with Crippen LogP contribution in [0, 0.1) is 6.92 Å². The summed E-state index contributed by atoms with van der Waals surface area (Å²) in [7, 11) is 1.93. The van der Waals surface area contributed by atoms with Crippen molar-refractivity contribution in [1.82, 2.24) is 15.0 Å². The molecule has 2 N–H and O–H groups in total. The van der Waals surface area contributed by atoms with Crippen molar-refractivity contribution in [3.05, 3.63) is 94.4 Å². The summed E-state index contributed by atoms with van der Waals surface area (Å²) in [5, 5.41) is 4.73. The number of benzene rings is 2. The summed E-state index contributed by atoms with van der Waals surface area (Å²) in [6.07, 6.45) is 3.97. The molecular weight excluding hydrogens is 404 g/mol. The van der Waals surface area contributed by atoms with Crippen molar-refractivity contribution in [2.45, 2.75) is 17.1 Å². The number of rotatable bonds is 5. The Hall–Kier alpha value is -2.70. The van der Waals surface area contributed by atoms with Crippen molar-refractivity contribution in [2.75, 3.05) is 13.6 Å². The first-order chi connectivity index (χ1) is 14.0. The molecule has 0 radical (unpaired) electrons. The number of thioether (sulfide) groups is 1. The van der Waals surface area contributed by atoms with E-state index in [9.17, 15) is 0 Å². The third-order valence-corrected chi connectivity index (χ3v) is 6.21. The van der Waals surface area contributed by atoms with Crippen molar-refractivity contribution in [3.63, 3.8) is 0 Å². The molecule has 148 valence electrons. The summed E-state index contributed by atoms with van der Waals surface area (Å²) < 4.78 is 5.69. The quantitative estimate of drug-likeness (QED) is 0.578. The molecular formula is C22H21ClN4OS. The molecule has 0 amide bonds. The number of hydrogen-bond acceptors (Lipinski definition) is 6.